The lowest BCUT2D eigenvalue weighted by atomic mass is 9.93. The molecule has 0 aromatic heterocycles. The Bertz CT molecular complexity index is 179. The summed E-state index contributed by atoms with van der Waals surface area (Å²) in [5.74, 6) is 0.975. The number of rotatable bonds is 17. The molecule has 0 radical (unpaired) electrons. The van der Waals surface area contributed by atoms with Gasteiger partial charge in [0.2, 0.25) is 0 Å². The van der Waals surface area contributed by atoms with Crippen molar-refractivity contribution in [2.24, 2.45) is 5.92 Å². The lowest BCUT2D eigenvalue weighted by Gasteiger charge is -2.16. The van der Waals surface area contributed by atoms with Crippen LogP contribution < -0.4 is 5.32 Å². The minimum absolute atomic E-state index is 0.975. The molecule has 0 aromatic carbocycles. The van der Waals surface area contributed by atoms with Gasteiger partial charge < -0.3 is 5.32 Å². The van der Waals surface area contributed by atoms with Crippen LogP contribution >= 0.6 is 0 Å². The summed E-state index contributed by atoms with van der Waals surface area (Å²) < 4.78 is 0. The van der Waals surface area contributed by atoms with Gasteiger partial charge in [0, 0.05) is 0 Å². The van der Waals surface area contributed by atoms with Crippen molar-refractivity contribution in [1.29, 1.82) is 0 Å². The second kappa shape index (κ2) is 18.0. The first-order valence-electron chi connectivity index (χ1n) is 10.1. The Morgan fingerprint density at radius 3 is 1.81 bits per heavy atom. The van der Waals surface area contributed by atoms with E-state index in [2.05, 4.69) is 26.1 Å². The highest BCUT2D eigenvalue weighted by atomic mass is 14.8. The maximum atomic E-state index is 3.67. The molecule has 0 fully saturated rings. The molecule has 1 nitrogen and oxygen atoms in total. The molecule has 1 N–H and O–H groups in total. The summed E-state index contributed by atoms with van der Waals surface area (Å²) >= 11 is 0. The van der Waals surface area contributed by atoms with Crippen LogP contribution in [0.3, 0.4) is 0 Å². The summed E-state index contributed by atoms with van der Waals surface area (Å²) in [7, 11) is 0. The molecule has 0 rings (SSSR count). The third kappa shape index (κ3) is 16.2. The van der Waals surface area contributed by atoms with Gasteiger partial charge in [-0.2, -0.15) is 0 Å². The van der Waals surface area contributed by atoms with Crippen LogP contribution in [0.2, 0.25) is 0 Å². The lowest BCUT2D eigenvalue weighted by molar-refractivity contribution is 0.387. The monoisotopic (exact) mass is 297 g/mol. The Kier molecular flexibility index (Phi) is 18.0. The van der Waals surface area contributed by atoms with E-state index >= 15 is 0 Å². The SMILES string of the molecule is CCCCCCCCCNCCC(CCC)CCCCC. The molecule has 0 aromatic rings. The van der Waals surface area contributed by atoms with Gasteiger partial charge in [-0.1, -0.05) is 97.8 Å². The van der Waals surface area contributed by atoms with Crippen LogP contribution in [-0.4, -0.2) is 13.1 Å². The third-order valence-electron chi connectivity index (χ3n) is 4.60. The molecular formula is C20H43N. The fourth-order valence-corrected chi connectivity index (χ4v) is 3.16. The molecule has 0 saturated heterocycles. The molecule has 0 aliphatic carbocycles. The zero-order chi connectivity index (χ0) is 15.6. The van der Waals surface area contributed by atoms with Gasteiger partial charge in [0.05, 0.1) is 0 Å². The van der Waals surface area contributed by atoms with Gasteiger partial charge in [-0.25, -0.2) is 0 Å². The molecule has 1 unspecified atom stereocenters. The zero-order valence-corrected chi connectivity index (χ0v) is 15.4. The quantitative estimate of drug-likeness (QED) is 0.294. The molecule has 0 bridgehead atoms. The van der Waals surface area contributed by atoms with E-state index in [0.717, 1.165) is 5.92 Å². The van der Waals surface area contributed by atoms with Gasteiger partial charge in [0.15, 0.2) is 0 Å². The Hall–Kier alpha value is -0.0400. The fraction of sp³-hybridized carbons (Fsp3) is 1.00. The predicted molar refractivity (Wildman–Crippen MR) is 98.0 cm³/mol. The van der Waals surface area contributed by atoms with Crippen molar-refractivity contribution < 1.29 is 0 Å². The maximum absolute atomic E-state index is 3.67. The zero-order valence-electron chi connectivity index (χ0n) is 15.4. The Balaban J connectivity index is 3.32. The highest BCUT2D eigenvalue weighted by Crippen LogP contribution is 2.18. The average molecular weight is 298 g/mol. The van der Waals surface area contributed by atoms with E-state index in [-0.39, 0.29) is 0 Å². The summed E-state index contributed by atoms with van der Waals surface area (Å²) in [4.78, 5) is 0. The largest absolute Gasteiger partial charge is 0.317 e. The smallest absolute Gasteiger partial charge is 0.00463 e. The van der Waals surface area contributed by atoms with Crippen molar-refractivity contribution in [2.75, 3.05) is 13.1 Å². The summed E-state index contributed by atoms with van der Waals surface area (Å²) in [6.45, 7) is 9.41. The normalized spacial score (nSPS) is 12.7. The molecule has 21 heavy (non-hydrogen) atoms. The summed E-state index contributed by atoms with van der Waals surface area (Å²) in [5.41, 5.74) is 0. The second-order valence-corrected chi connectivity index (χ2v) is 6.81. The lowest BCUT2D eigenvalue weighted by Crippen LogP contribution is -2.19. The molecular weight excluding hydrogens is 254 g/mol. The van der Waals surface area contributed by atoms with E-state index in [9.17, 15) is 0 Å². The summed E-state index contributed by atoms with van der Waals surface area (Å²) in [5, 5.41) is 3.67. The second-order valence-electron chi connectivity index (χ2n) is 6.81. The summed E-state index contributed by atoms with van der Waals surface area (Å²) in [6.07, 6.45) is 19.8. The van der Waals surface area contributed by atoms with Crippen LogP contribution in [0.25, 0.3) is 0 Å². The highest BCUT2D eigenvalue weighted by molar-refractivity contribution is 4.62. The topological polar surface area (TPSA) is 12.0 Å². The average Bonchev–Trinajstić information content (AvgIpc) is 2.49. The van der Waals surface area contributed by atoms with E-state index < -0.39 is 0 Å². The van der Waals surface area contributed by atoms with Crippen molar-refractivity contribution in [1.82, 2.24) is 5.32 Å². The Labute approximate surface area is 135 Å². The molecule has 0 spiro atoms. The minimum atomic E-state index is 0.975. The number of unbranched alkanes of at least 4 members (excludes halogenated alkanes) is 8. The number of nitrogens with one attached hydrogen (secondary N) is 1. The van der Waals surface area contributed by atoms with Crippen molar-refractivity contribution in [3.8, 4) is 0 Å². The van der Waals surface area contributed by atoms with Crippen molar-refractivity contribution in [3.63, 3.8) is 0 Å². The van der Waals surface area contributed by atoms with E-state index in [4.69, 9.17) is 0 Å². The number of hydrogen-bond donors (Lipinski definition) is 1. The van der Waals surface area contributed by atoms with Crippen molar-refractivity contribution in [2.45, 2.75) is 111 Å². The first kappa shape index (κ1) is 21.0. The van der Waals surface area contributed by atoms with Crippen LogP contribution in [0.4, 0.5) is 0 Å². The molecule has 1 atom stereocenters. The predicted octanol–water partition coefficient (Wildman–Crippen LogP) is 6.71. The Morgan fingerprint density at radius 1 is 0.524 bits per heavy atom. The van der Waals surface area contributed by atoms with Gasteiger partial charge in [-0.15, -0.1) is 0 Å². The first-order valence-corrected chi connectivity index (χ1v) is 10.1. The molecule has 128 valence electrons. The van der Waals surface area contributed by atoms with Crippen LogP contribution in [0.15, 0.2) is 0 Å². The van der Waals surface area contributed by atoms with Crippen LogP contribution in [0, 0.1) is 5.92 Å². The van der Waals surface area contributed by atoms with E-state index in [0.29, 0.717) is 0 Å². The van der Waals surface area contributed by atoms with E-state index in [1.54, 1.807) is 0 Å². The minimum Gasteiger partial charge on any atom is -0.317 e. The van der Waals surface area contributed by atoms with Crippen molar-refractivity contribution in [3.05, 3.63) is 0 Å². The maximum Gasteiger partial charge on any atom is -0.00463 e. The van der Waals surface area contributed by atoms with Crippen LogP contribution in [-0.2, 0) is 0 Å². The summed E-state index contributed by atoms with van der Waals surface area (Å²) in [6, 6.07) is 0. The van der Waals surface area contributed by atoms with Crippen LogP contribution in [0.5, 0.6) is 0 Å². The molecule has 0 aliphatic heterocycles. The number of hydrogen-bond acceptors (Lipinski definition) is 1. The molecule has 0 amide bonds. The fourth-order valence-electron chi connectivity index (χ4n) is 3.16. The van der Waals surface area contributed by atoms with E-state index in [1.807, 2.05) is 0 Å². The molecule has 0 heterocycles. The van der Waals surface area contributed by atoms with Crippen molar-refractivity contribution >= 4 is 0 Å². The van der Waals surface area contributed by atoms with Gasteiger partial charge in [0.25, 0.3) is 0 Å². The molecule has 1 heteroatoms. The molecule has 0 aliphatic rings. The van der Waals surface area contributed by atoms with Crippen LogP contribution in [0.1, 0.15) is 111 Å². The highest BCUT2D eigenvalue weighted by Gasteiger charge is 2.06. The van der Waals surface area contributed by atoms with Gasteiger partial charge in [-0.05, 0) is 31.8 Å². The van der Waals surface area contributed by atoms with Gasteiger partial charge in [0.1, 0.15) is 0 Å². The van der Waals surface area contributed by atoms with E-state index in [1.165, 1.54) is 103 Å². The first-order chi connectivity index (χ1) is 10.3. The Morgan fingerprint density at radius 2 is 1.14 bits per heavy atom. The third-order valence-corrected chi connectivity index (χ3v) is 4.60. The standard InChI is InChI=1S/C20H43N/c1-4-7-9-10-11-12-14-18-21-19-17-20(15-6-3)16-13-8-5-2/h20-21H,4-19H2,1-3H3. The molecule has 0 saturated carbocycles. The van der Waals surface area contributed by atoms with Gasteiger partial charge >= 0.3 is 0 Å². The van der Waals surface area contributed by atoms with Gasteiger partial charge in [-0.3, -0.25) is 0 Å².